The Hall–Kier alpha value is -1.70. The number of nitrogens with zero attached hydrogens (tertiary/aromatic N) is 2. The topological polar surface area (TPSA) is 25.2 Å². The molecule has 1 aromatic heterocycles. The highest BCUT2D eigenvalue weighted by molar-refractivity contribution is 5.79. The molecule has 0 amide bonds. The molecule has 2 heterocycles. The Bertz CT molecular complexity index is 441. The molecule has 0 aromatic carbocycles. The van der Waals surface area contributed by atoms with Gasteiger partial charge in [0.2, 0.25) is 0 Å². The van der Waals surface area contributed by atoms with Gasteiger partial charge in [0.25, 0.3) is 0 Å². The van der Waals surface area contributed by atoms with Crippen LogP contribution in [0.2, 0.25) is 0 Å². The molecule has 0 spiro atoms. The number of hydrogen-bond donors (Lipinski definition) is 0. The van der Waals surface area contributed by atoms with Crippen molar-refractivity contribution in [1.82, 2.24) is 4.98 Å². The minimum atomic E-state index is 0.154. The van der Waals surface area contributed by atoms with E-state index in [-0.39, 0.29) is 6.04 Å². The van der Waals surface area contributed by atoms with Gasteiger partial charge in [-0.25, -0.2) is 0 Å². The third kappa shape index (κ3) is 0.886. The monoisotopic (exact) mass is 168 g/mol. The van der Waals surface area contributed by atoms with E-state index in [0.29, 0.717) is 0 Å². The molecule has 1 aliphatic heterocycles. The summed E-state index contributed by atoms with van der Waals surface area (Å²) in [6, 6.07) is 4.19. The van der Waals surface area contributed by atoms with E-state index >= 15 is 0 Å². The largest absolute Gasteiger partial charge is 0.279 e. The fourth-order valence-corrected chi connectivity index (χ4v) is 1.78. The van der Waals surface area contributed by atoms with Gasteiger partial charge in [-0.1, -0.05) is 12.1 Å². The van der Waals surface area contributed by atoms with Gasteiger partial charge < -0.3 is 0 Å². The molecular formula is C11H8N2. The Morgan fingerprint density at radius 1 is 1.31 bits per heavy atom. The van der Waals surface area contributed by atoms with Crippen LogP contribution in [0.5, 0.6) is 0 Å². The maximum Gasteiger partial charge on any atom is 0.117 e. The molecule has 0 saturated carbocycles. The molecule has 1 aliphatic carbocycles. The molecule has 0 radical (unpaired) electrons. The first-order valence-electron chi connectivity index (χ1n) is 4.31. The minimum Gasteiger partial charge on any atom is -0.279 e. The number of pyridine rings is 1. The van der Waals surface area contributed by atoms with Crippen molar-refractivity contribution in [2.45, 2.75) is 6.04 Å². The van der Waals surface area contributed by atoms with E-state index in [4.69, 9.17) is 0 Å². The summed E-state index contributed by atoms with van der Waals surface area (Å²) in [6.45, 7) is 0. The predicted molar refractivity (Wildman–Crippen MR) is 52.6 cm³/mol. The Labute approximate surface area is 76.3 Å². The van der Waals surface area contributed by atoms with E-state index < -0.39 is 0 Å². The normalized spacial score (nSPS) is 22.5. The minimum absolute atomic E-state index is 0.154. The van der Waals surface area contributed by atoms with E-state index in [2.05, 4.69) is 28.2 Å². The summed E-state index contributed by atoms with van der Waals surface area (Å²) >= 11 is 0. The summed E-state index contributed by atoms with van der Waals surface area (Å²) < 4.78 is 0. The van der Waals surface area contributed by atoms with Crippen LogP contribution in [0.3, 0.4) is 0 Å². The first kappa shape index (κ1) is 6.78. The number of allylic oxidation sites excluding steroid dienone is 1. The molecule has 2 aliphatic rings. The lowest BCUT2D eigenvalue weighted by molar-refractivity contribution is 0.850. The first-order valence-corrected chi connectivity index (χ1v) is 4.31. The van der Waals surface area contributed by atoms with Crippen LogP contribution >= 0.6 is 0 Å². The molecule has 62 valence electrons. The Morgan fingerprint density at radius 3 is 3.31 bits per heavy atom. The lowest BCUT2D eigenvalue weighted by Gasteiger charge is -2.09. The quantitative estimate of drug-likeness (QED) is 0.582. The van der Waals surface area contributed by atoms with Gasteiger partial charge in [0.1, 0.15) is 6.04 Å². The summed E-state index contributed by atoms with van der Waals surface area (Å²) in [4.78, 5) is 8.73. The second-order valence-corrected chi connectivity index (χ2v) is 3.18. The van der Waals surface area contributed by atoms with E-state index in [9.17, 15) is 0 Å². The molecular weight excluding hydrogens is 160 g/mol. The molecule has 3 rings (SSSR count). The molecule has 2 heteroatoms. The molecule has 0 saturated heterocycles. The van der Waals surface area contributed by atoms with Gasteiger partial charge in [-0.15, -0.1) is 0 Å². The highest BCUT2D eigenvalue weighted by Gasteiger charge is 2.24. The van der Waals surface area contributed by atoms with Crippen molar-refractivity contribution in [3.63, 3.8) is 0 Å². The van der Waals surface area contributed by atoms with Crippen LogP contribution in [0.15, 0.2) is 41.0 Å². The smallest absolute Gasteiger partial charge is 0.117 e. The zero-order valence-corrected chi connectivity index (χ0v) is 7.01. The number of aliphatic imine (C=N–C) groups is 1. The van der Waals surface area contributed by atoms with Crippen molar-refractivity contribution in [1.29, 1.82) is 0 Å². The van der Waals surface area contributed by atoms with Crippen LogP contribution in [-0.4, -0.2) is 11.2 Å². The van der Waals surface area contributed by atoms with Crippen LogP contribution in [-0.2, 0) is 0 Å². The van der Waals surface area contributed by atoms with Gasteiger partial charge in [-0.3, -0.25) is 9.98 Å². The molecule has 1 aromatic rings. The number of rotatable bonds is 0. The molecule has 0 bridgehead atoms. The summed E-state index contributed by atoms with van der Waals surface area (Å²) in [5, 5.41) is 0. The Balaban J connectivity index is 2.22. The summed E-state index contributed by atoms with van der Waals surface area (Å²) in [5.41, 5.74) is 3.53. The molecule has 0 fully saturated rings. The average Bonchev–Trinajstić information content (AvgIpc) is 2.56. The van der Waals surface area contributed by atoms with Crippen molar-refractivity contribution in [3.8, 4) is 0 Å². The van der Waals surface area contributed by atoms with Crippen molar-refractivity contribution in [3.05, 3.63) is 47.3 Å². The number of hydrogen-bond acceptors (Lipinski definition) is 2. The van der Waals surface area contributed by atoms with Crippen LogP contribution in [0.25, 0.3) is 6.08 Å². The van der Waals surface area contributed by atoms with Crippen molar-refractivity contribution in [2.24, 2.45) is 4.99 Å². The first-order chi connectivity index (χ1) is 6.45. The zero-order valence-electron chi connectivity index (χ0n) is 7.01. The summed E-state index contributed by atoms with van der Waals surface area (Å²) in [5.74, 6) is 0. The molecule has 13 heavy (non-hydrogen) atoms. The lowest BCUT2D eigenvalue weighted by Crippen LogP contribution is -1.99. The second kappa shape index (κ2) is 2.39. The molecule has 1 atom stereocenters. The van der Waals surface area contributed by atoms with Crippen LogP contribution < -0.4 is 0 Å². The van der Waals surface area contributed by atoms with Gasteiger partial charge >= 0.3 is 0 Å². The zero-order chi connectivity index (χ0) is 8.67. The third-order valence-corrected chi connectivity index (χ3v) is 2.38. The SMILES string of the molecule is C1=CC2=Cc3cccnc3C2N=C1. The van der Waals surface area contributed by atoms with E-state index in [0.717, 1.165) is 5.69 Å². The standard InChI is InChI=1S/C11H8N2/c1-3-8-7-9-4-2-6-13-11(9)10(8)12-5-1/h1-7,10H. The van der Waals surface area contributed by atoms with Crippen LogP contribution in [0.1, 0.15) is 17.3 Å². The molecule has 1 unspecified atom stereocenters. The van der Waals surface area contributed by atoms with E-state index in [1.54, 1.807) is 0 Å². The van der Waals surface area contributed by atoms with Crippen molar-refractivity contribution >= 4 is 12.3 Å². The fraction of sp³-hybridized carbons (Fsp3) is 0.0909. The predicted octanol–water partition coefficient (Wildman–Crippen LogP) is 2.16. The summed E-state index contributed by atoms with van der Waals surface area (Å²) in [6.07, 6.45) is 9.88. The van der Waals surface area contributed by atoms with Gasteiger partial charge in [0.15, 0.2) is 0 Å². The van der Waals surface area contributed by atoms with Crippen molar-refractivity contribution < 1.29 is 0 Å². The van der Waals surface area contributed by atoms with Gasteiger partial charge in [-0.2, -0.15) is 0 Å². The van der Waals surface area contributed by atoms with Gasteiger partial charge in [0, 0.05) is 12.4 Å². The molecule has 2 nitrogen and oxygen atoms in total. The number of dihydropyridines is 1. The Kier molecular flexibility index (Phi) is 1.25. The number of fused-ring (bicyclic) bond motifs is 3. The maximum absolute atomic E-state index is 4.39. The lowest BCUT2D eigenvalue weighted by atomic mass is 10.1. The van der Waals surface area contributed by atoms with Crippen LogP contribution in [0, 0.1) is 0 Å². The number of aromatic nitrogens is 1. The third-order valence-electron chi connectivity index (χ3n) is 2.38. The van der Waals surface area contributed by atoms with Crippen LogP contribution in [0.4, 0.5) is 0 Å². The Morgan fingerprint density at radius 2 is 2.31 bits per heavy atom. The highest BCUT2D eigenvalue weighted by atomic mass is 14.9. The van der Waals surface area contributed by atoms with E-state index in [1.807, 2.05) is 24.6 Å². The maximum atomic E-state index is 4.39. The highest BCUT2D eigenvalue weighted by Crippen LogP contribution is 2.37. The van der Waals surface area contributed by atoms with Gasteiger partial charge in [-0.05, 0) is 29.4 Å². The molecule has 0 N–H and O–H groups in total. The second-order valence-electron chi connectivity index (χ2n) is 3.18. The van der Waals surface area contributed by atoms with Crippen molar-refractivity contribution in [2.75, 3.05) is 0 Å². The fourth-order valence-electron chi connectivity index (χ4n) is 1.78. The van der Waals surface area contributed by atoms with Gasteiger partial charge in [0.05, 0.1) is 5.69 Å². The average molecular weight is 168 g/mol. The van der Waals surface area contributed by atoms with E-state index in [1.165, 1.54) is 11.1 Å². The summed E-state index contributed by atoms with van der Waals surface area (Å²) in [7, 11) is 0.